The first-order valence-electron chi connectivity index (χ1n) is 8.96. The number of anilines is 1. The van der Waals surface area contributed by atoms with E-state index in [1.807, 2.05) is 55.5 Å². The van der Waals surface area contributed by atoms with E-state index in [1.165, 1.54) is 24.8 Å². The van der Waals surface area contributed by atoms with E-state index in [-0.39, 0.29) is 12.5 Å². The van der Waals surface area contributed by atoms with Crippen LogP contribution in [0, 0.1) is 6.92 Å². The van der Waals surface area contributed by atoms with Crippen LogP contribution in [-0.4, -0.2) is 19.1 Å². The normalized spacial score (nSPS) is 10.5. The zero-order valence-corrected chi connectivity index (χ0v) is 15.2. The van der Waals surface area contributed by atoms with Crippen molar-refractivity contribution >= 4 is 11.6 Å². The summed E-state index contributed by atoms with van der Waals surface area (Å²) in [5.74, 6) is 0.541. The quantitative estimate of drug-likeness (QED) is 0.634. The van der Waals surface area contributed by atoms with Crippen LogP contribution in [0.4, 0.5) is 5.69 Å². The number of hydrogen-bond donors (Lipinski definition) is 2. The van der Waals surface area contributed by atoms with Gasteiger partial charge in [0.25, 0.3) is 5.91 Å². The van der Waals surface area contributed by atoms with Crippen LogP contribution in [0.15, 0.2) is 48.5 Å². The van der Waals surface area contributed by atoms with Gasteiger partial charge in [0.2, 0.25) is 0 Å². The average molecular weight is 340 g/mol. The van der Waals surface area contributed by atoms with E-state index in [9.17, 15) is 4.79 Å². The molecule has 4 heteroatoms. The minimum Gasteiger partial charge on any atom is -0.484 e. The summed E-state index contributed by atoms with van der Waals surface area (Å²) in [4.78, 5) is 11.9. The van der Waals surface area contributed by atoms with Gasteiger partial charge in [-0.1, -0.05) is 49.6 Å². The van der Waals surface area contributed by atoms with E-state index in [4.69, 9.17) is 4.74 Å². The first-order chi connectivity index (χ1) is 12.2. The van der Waals surface area contributed by atoms with Crippen LogP contribution in [-0.2, 0) is 11.3 Å². The summed E-state index contributed by atoms with van der Waals surface area (Å²) in [6.07, 6.45) is 3.73. The Morgan fingerprint density at radius 3 is 2.40 bits per heavy atom. The third-order valence-electron chi connectivity index (χ3n) is 3.91. The van der Waals surface area contributed by atoms with Gasteiger partial charge in [-0.3, -0.25) is 4.79 Å². The Morgan fingerprint density at radius 1 is 1.00 bits per heavy atom. The highest BCUT2D eigenvalue weighted by Gasteiger charge is 2.04. The summed E-state index contributed by atoms with van der Waals surface area (Å²) in [5, 5.41) is 6.25. The van der Waals surface area contributed by atoms with E-state index in [0.29, 0.717) is 5.75 Å². The zero-order chi connectivity index (χ0) is 17.9. The maximum atomic E-state index is 11.9. The molecule has 4 nitrogen and oxygen atoms in total. The highest BCUT2D eigenvalue weighted by Crippen LogP contribution is 2.13. The summed E-state index contributed by atoms with van der Waals surface area (Å²) < 4.78 is 5.54. The molecule has 2 aromatic rings. The number of unbranched alkanes of at least 4 members (excludes halogenated alkanes) is 2. The molecule has 0 saturated carbocycles. The zero-order valence-electron chi connectivity index (χ0n) is 15.2. The lowest BCUT2D eigenvalue weighted by molar-refractivity contribution is -0.118. The van der Waals surface area contributed by atoms with Crippen molar-refractivity contribution in [1.82, 2.24) is 5.32 Å². The molecule has 0 aliphatic carbocycles. The van der Waals surface area contributed by atoms with Gasteiger partial charge in [-0.2, -0.15) is 0 Å². The van der Waals surface area contributed by atoms with Crippen LogP contribution in [0.2, 0.25) is 0 Å². The molecule has 0 saturated heterocycles. The second kappa shape index (κ2) is 10.5. The average Bonchev–Trinajstić information content (AvgIpc) is 2.63. The van der Waals surface area contributed by atoms with Gasteiger partial charge in [0.15, 0.2) is 6.61 Å². The van der Waals surface area contributed by atoms with E-state index >= 15 is 0 Å². The van der Waals surface area contributed by atoms with E-state index in [1.54, 1.807) is 0 Å². The van der Waals surface area contributed by atoms with Crippen LogP contribution in [0.25, 0.3) is 0 Å². The van der Waals surface area contributed by atoms with E-state index < -0.39 is 0 Å². The first-order valence-corrected chi connectivity index (χ1v) is 8.96. The van der Waals surface area contributed by atoms with E-state index in [2.05, 4.69) is 17.6 Å². The number of ether oxygens (including phenoxy) is 1. The van der Waals surface area contributed by atoms with Crippen molar-refractivity contribution in [2.45, 2.75) is 39.7 Å². The van der Waals surface area contributed by atoms with Gasteiger partial charge in [0.05, 0.1) is 0 Å². The molecule has 2 rings (SSSR count). The minimum atomic E-state index is -0.162. The van der Waals surface area contributed by atoms with Crippen molar-refractivity contribution in [3.05, 3.63) is 59.7 Å². The number of benzene rings is 2. The van der Waals surface area contributed by atoms with Crippen LogP contribution in [0.3, 0.4) is 0 Å². The third-order valence-corrected chi connectivity index (χ3v) is 3.91. The number of aryl methyl sites for hydroxylation is 1. The van der Waals surface area contributed by atoms with Gasteiger partial charge in [0, 0.05) is 12.2 Å². The highest BCUT2D eigenvalue weighted by atomic mass is 16.5. The molecular weight excluding hydrogens is 312 g/mol. The maximum Gasteiger partial charge on any atom is 0.262 e. The molecule has 0 unspecified atom stereocenters. The first kappa shape index (κ1) is 19.0. The number of rotatable bonds is 10. The van der Waals surface area contributed by atoms with Crippen molar-refractivity contribution in [3.8, 4) is 5.75 Å². The fourth-order valence-corrected chi connectivity index (χ4v) is 2.42. The number of carbonyl (C=O) groups excluding carboxylic acids is 1. The topological polar surface area (TPSA) is 50.4 Å². The third kappa shape index (κ3) is 7.40. The molecular formula is C21H28N2O2. The highest BCUT2D eigenvalue weighted by molar-refractivity contribution is 5.91. The SMILES string of the molecule is CCCCCNCc1ccc(OCC(=O)Nc2ccc(C)cc2)cc1. The second-order valence-corrected chi connectivity index (χ2v) is 6.23. The van der Waals surface area contributed by atoms with Crippen LogP contribution < -0.4 is 15.4 Å². The molecule has 0 heterocycles. The predicted molar refractivity (Wildman–Crippen MR) is 103 cm³/mol. The number of hydrogen-bond acceptors (Lipinski definition) is 3. The van der Waals surface area contributed by atoms with Gasteiger partial charge in [0.1, 0.15) is 5.75 Å². The summed E-state index contributed by atoms with van der Waals surface area (Å²) >= 11 is 0. The number of amides is 1. The smallest absolute Gasteiger partial charge is 0.262 e. The Labute approximate surface area is 150 Å². The Kier molecular flexibility index (Phi) is 7.99. The maximum absolute atomic E-state index is 11.9. The lowest BCUT2D eigenvalue weighted by Crippen LogP contribution is -2.20. The van der Waals surface area contributed by atoms with Crippen molar-refractivity contribution in [2.75, 3.05) is 18.5 Å². The standard InChI is InChI=1S/C21H28N2O2/c1-3-4-5-14-22-15-18-8-12-20(13-9-18)25-16-21(24)23-19-10-6-17(2)7-11-19/h6-13,22H,3-5,14-16H2,1-2H3,(H,23,24). The van der Waals surface area contributed by atoms with Crippen LogP contribution in [0.5, 0.6) is 5.75 Å². The molecule has 0 atom stereocenters. The molecule has 2 N–H and O–H groups in total. The predicted octanol–water partition coefficient (Wildman–Crippen LogP) is 4.29. The summed E-state index contributed by atoms with van der Waals surface area (Å²) in [6.45, 7) is 6.13. The molecule has 0 aliphatic heterocycles. The fraction of sp³-hybridized carbons (Fsp3) is 0.381. The van der Waals surface area contributed by atoms with Crippen molar-refractivity contribution in [1.29, 1.82) is 0 Å². The summed E-state index contributed by atoms with van der Waals surface area (Å²) in [7, 11) is 0. The van der Waals surface area contributed by atoms with Crippen molar-refractivity contribution in [2.24, 2.45) is 0 Å². The molecule has 134 valence electrons. The molecule has 0 aromatic heterocycles. The molecule has 0 aliphatic rings. The molecule has 0 bridgehead atoms. The van der Waals surface area contributed by atoms with Gasteiger partial charge in [-0.05, 0) is 49.7 Å². The monoisotopic (exact) mass is 340 g/mol. The Morgan fingerprint density at radius 2 is 1.72 bits per heavy atom. The fourth-order valence-electron chi connectivity index (χ4n) is 2.42. The Bertz CT molecular complexity index is 636. The molecule has 0 radical (unpaired) electrons. The van der Waals surface area contributed by atoms with Crippen LogP contribution >= 0.6 is 0 Å². The lowest BCUT2D eigenvalue weighted by Gasteiger charge is -2.09. The minimum absolute atomic E-state index is 0.00247. The molecule has 2 aromatic carbocycles. The van der Waals surface area contributed by atoms with Crippen LogP contribution in [0.1, 0.15) is 37.3 Å². The van der Waals surface area contributed by atoms with E-state index in [0.717, 1.165) is 24.3 Å². The number of carbonyl (C=O) groups is 1. The molecule has 25 heavy (non-hydrogen) atoms. The van der Waals surface area contributed by atoms with Gasteiger partial charge >= 0.3 is 0 Å². The molecule has 1 amide bonds. The number of nitrogens with one attached hydrogen (secondary N) is 2. The van der Waals surface area contributed by atoms with Crippen molar-refractivity contribution < 1.29 is 9.53 Å². The summed E-state index contributed by atoms with van der Waals surface area (Å²) in [5.41, 5.74) is 3.16. The summed E-state index contributed by atoms with van der Waals surface area (Å²) in [6, 6.07) is 15.6. The largest absolute Gasteiger partial charge is 0.484 e. The van der Waals surface area contributed by atoms with Gasteiger partial charge < -0.3 is 15.4 Å². The van der Waals surface area contributed by atoms with Gasteiger partial charge in [-0.25, -0.2) is 0 Å². The lowest BCUT2D eigenvalue weighted by atomic mass is 10.2. The van der Waals surface area contributed by atoms with Gasteiger partial charge in [-0.15, -0.1) is 0 Å². The molecule has 0 spiro atoms. The Hall–Kier alpha value is -2.33. The second-order valence-electron chi connectivity index (χ2n) is 6.23. The molecule has 0 fully saturated rings. The Balaban J connectivity index is 1.69. The van der Waals surface area contributed by atoms with Crippen molar-refractivity contribution in [3.63, 3.8) is 0 Å².